The second-order valence-corrected chi connectivity index (χ2v) is 6.02. The van der Waals surface area contributed by atoms with Gasteiger partial charge in [-0.2, -0.15) is 13.2 Å². The molecule has 0 fully saturated rings. The lowest BCUT2D eigenvalue weighted by Crippen LogP contribution is -2.24. The van der Waals surface area contributed by atoms with E-state index >= 15 is 0 Å². The van der Waals surface area contributed by atoms with Crippen molar-refractivity contribution in [1.29, 1.82) is 0 Å². The molecule has 0 saturated heterocycles. The minimum Gasteiger partial charge on any atom is -0.268 e. The Hall–Kier alpha value is -0.770. The van der Waals surface area contributed by atoms with Gasteiger partial charge in [0, 0.05) is 11.1 Å². The SMILES string of the molecule is CCSc1ccn2c(=O)c(I)c(C(F)(F)F)nc2c1. The van der Waals surface area contributed by atoms with E-state index in [1.165, 1.54) is 46.6 Å². The number of nitrogens with zero attached hydrogens (tertiary/aromatic N) is 2. The van der Waals surface area contributed by atoms with Crippen molar-refractivity contribution in [2.45, 2.75) is 18.0 Å². The van der Waals surface area contributed by atoms with Crippen LogP contribution in [0.4, 0.5) is 13.2 Å². The highest BCUT2D eigenvalue weighted by Gasteiger charge is 2.36. The van der Waals surface area contributed by atoms with Crippen LogP contribution < -0.4 is 5.56 Å². The molecule has 0 atom stereocenters. The van der Waals surface area contributed by atoms with E-state index in [0.29, 0.717) is 0 Å². The fraction of sp³-hybridized carbons (Fsp3) is 0.273. The molecule has 0 amide bonds. The van der Waals surface area contributed by atoms with Gasteiger partial charge in [-0.25, -0.2) is 4.98 Å². The number of hydrogen-bond acceptors (Lipinski definition) is 3. The number of pyridine rings is 1. The van der Waals surface area contributed by atoms with E-state index in [1.54, 1.807) is 6.07 Å². The van der Waals surface area contributed by atoms with E-state index in [-0.39, 0.29) is 5.65 Å². The molecule has 0 radical (unpaired) electrons. The van der Waals surface area contributed by atoms with Crippen molar-refractivity contribution in [2.24, 2.45) is 0 Å². The number of hydrogen-bond donors (Lipinski definition) is 0. The number of rotatable bonds is 2. The molecule has 0 aliphatic carbocycles. The van der Waals surface area contributed by atoms with E-state index in [0.717, 1.165) is 15.0 Å². The molecule has 19 heavy (non-hydrogen) atoms. The second kappa shape index (κ2) is 5.31. The molecule has 0 unspecified atom stereocenters. The first-order chi connectivity index (χ1) is 8.84. The lowest BCUT2D eigenvalue weighted by atomic mass is 10.3. The minimum atomic E-state index is -4.63. The van der Waals surface area contributed by atoms with Gasteiger partial charge in [-0.1, -0.05) is 6.92 Å². The molecule has 2 heterocycles. The lowest BCUT2D eigenvalue weighted by Gasteiger charge is -2.10. The molecular formula is C11H8F3IN2OS. The number of fused-ring (bicyclic) bond motifs is 1. The molecule has 8 heteroatoms. The summed E-state index contributed by atoms with van der Waals surface area (Å²) in [6, 6.07) is 3.18. The Balaban J connectivity index is 2.75. The van der Waals surface area contributed by atoms with Crippen molar-refractivity contribution in [1.82, 2.24) is 9.38 Å². The van der Waals surface area contributed by atoms with Crippen molar-refractivity contribution in [3.05, 3.63) is 37.9 Å². The van der Waals surface area contributed by atoms with Crippen molar-refractivity contribution < 1.29 is 13.2 Å². The van der Waals surface area contributed by atoms with Crippen molar-refractivity contribution >= 4 is 40.0 Å². The molecule has 2 rings (SSSR count). The molecule has 2 aromatic heterocycles. The van der Waals surface area contributed by atoms with Crippen LogP contribution in [0.3, 0.4) is 0 Å². The number of aromatic nitrogens is 2. The lowest BCUT2D eigenvalue weighted by molar-refractivity contribution is -0.141. The van der Waals surface area contributed by atoms with Gasteiger partial charge in [-0.05, 0) is 40.5 Å². The molecule has 3 nitrogen and oxygen atoms in total. The fourth-order valence-electron chi connectivity index (χ4n) is 1.54. The highest BCUT2D eigenvalue weighted by atomic mass is 127. The molecule has 0 aliphatic heterocycles. The first kappa shape index (κ1) is 14.6. The van der Waals surface area contributed by atoms with Crippen LogP contribution in [0.15, 0.2) is 28.0 Å². The molecule has 0 bridgehead atoms. The quantitative estimate of drug-likeness (QED) is 0.573. The largest absolute Gasteiger partial charge is 0.434 e. The third-order valence-corrected chi connectivity index (χ3v) is 4.17. The highest BCUT2D eigenvalue weighted by molar-refractivity contribution is 14.1. The van der Waals surface area contributed by atoms with Gasteiger partial charge in [0.05, 0.1) is 0 Å². The monoisotopic (exact) mass is 400 g/mol. The Labute approximate surface area is 124 Å². The maximum absolute atomic E-state index is 12.8. The molecule has 0 aliphatic rings. The van der Waals surface area contributed by atoms with E-state index in [4.69, 9.17) is 0 Å². The molecule has 0 N–H and O–H groups in total. The summed E-state index contributed by atoms with van der Waals surface area (Å²) in [4.78, 5) is 16.2. The maximum Gasteiger partial charge on any atom is 0.434 e. The first-order valence-electron chi connectivity index (χ1n) is 5.26. The molecule has 0 aromatic carbocycles. The van der Waals surface area contributed by atoms with Crippen molar-refractivity contribution in [2.75, 3.05) is 5.75 Å². The Morgan fingerprint density at radius 1 is 1.47 bits per heavy atom. The zero-order valence-electron chi connectivity index (χ0n) is 9.66. The van der Waals surface area contributed by atoms with Crippen LogP contribution in [-0.2, 0) is 6.18 Å². The number of alkyl halides is 3. The fourth-order valence-corrected chi connectivity index (χ4v) is 2.91. The highest BCUT2D eigenvalue weighted by Crippen LogP contribution is 2.30. The van der Waals surface area contributed by atoms with Crippen LogP contribution in [0.25, 0.3) is 5.65 Å². The van der Waals surface area contributed by atoms with Crippen LogP contribution in [0, 0.1) is 3.57 Å². The van der Waals surface area contributed by atoms with Crippen LogP contribution in [-0.4, -0.2) is 15.1 Å². The summed E-state index contributed by atoms with van der Waals surface area (Å²) in [5.41, 5.74) is -1.82. The van der Waals surface area contributed by atoms with Gasteiger partial charge in [-0.3, -0.25) is 9.20 Å². The van der Waals surface area contributed by atoms with Crippen molar-refractivity contribution in [3.8, 4) is 0 Å². The molecule has 0 spiro atoms. The molecule has 2 aromatic rings. The predicted molar refractivity (Wildman–Crippen MR) is 75.6 cm³/mol. The van der Waals surface area contributed by atoms with Crippen LogP contribution >= 0.6 is 34.4 Å². The molecule has 0 saturated carbocycles. The van der Waals surface area contributed by atoms with Gasteiger partial charge in [0.1, 0.15) is 9.22 Å². The Morgan fingerprint density at radius 3 is 2.74 bits per heavy atom. The summed E-state index contributed by atoms with van der Waals surface area (Å²) < 4.78 is 39.1. The van der Waals surface area contributed by atoms with E-state index < -0.39 is 21.0 Å². The standard InChI is InChI=1S/C11H8F3IN2OS/c1-2-19-6-3-4-17-7(5-6)16-9(11(12,13)14)8(15)10(17)18/h3-5H,2H2,1H3. The average Bonchev–Trinajstić information content (AvgIpc) is 2.32. The Kier molecular flexibility index (Phi) is 4.09. The van der Waals surface area contributed by atoms with Crippen molar-refractivity contribution in [3.63, 3.8) is 0 Å². The van der Waals surface area contributed by atoms with Gasteiger partial charge in [0.25, 0.3) is 5.56 Å². The smallest absolute Gasteiger partial charge is 0.268 e. The number of halogens is 4. The normalized spacial score (nSPS) is 12.1. The van der Waals surface area contributed by atoms with E-state index in [2.05, 4.69) is 4.98 Å². The third-order valence-electron chi connectivity index (χ3n) is 2.33. The predicted octanol–water partition coefficient (Wildman–Crippen LogP) is 3.43. The van der Waals surface area contributed by atoms with Gasteiger partial charge < -0.3 is 0 Å². The molecular weight excluding hydrogens is 392 g/mol. The van der Waals surface area contributed by atoms with Crippen LogP contribution in [0.1, 0.15) is 12.6 Å². The molecule has 102 valence electrons. The summed E-state index contributed by atoms with van der Waals surface area (Å²) in [5.74, 6) is 0.789. The van der Waals surface area contributed by atoms with E-state index in [9.17, 15) is 18.0 Å². The zero-order chi connectivity index (χ0) is 14.2. The number of thioether (sulfide) groups is 1. The topological polar surface area (TPSA) is 34.4 Å². The Bertz CT molecular complexity index is 684. The summed E-state index contributed by atoms with van der Waals surface area (Å²) >= 11 is 2.86. The average molecular weight is 400 g/mol. The maximum atomic E-state index is 12.8. The van der Waals surface area contributed by atoms with E-state index in [1.807, 2.05) is 6.92 Å². The minimum absolute atomic E-state index is 0.0104. The van der Waals surface area contributed by atoms with Gasteiger partial charge in [0.2, 0.25) is 0 Å². The van der Waals surface area contributed by atoms with Crippen LogP contribution in [0.2, 0.25) is 0 Å². The zero-order valence-corrected chi connectivity index (χ0v) is 12.6. The van der Waals surface area contributed by atoms with Gasteiger partial charge >= 0.3 is 6.18 Å². The van der Waals surface area contributed by atoms with Crippen LogP contribution in [0.5, 0.6) is 0 Å². The summed E-state index contributed by atoms with van der Waals surface area (Å²) in [5, 5.41) is 0. The Morgan fingerprint density at radius 2 is 2.16 bits per heavy atom. The summed E-state index contributed by atoms with van der Waals surface area (Å²) in [6.45, 7) is 1.93. The van der Waals surface area contributed by atoms with Gasteiger partial charge in [0.15, 0.2) is 5.69 Å². The second-order valence-electron chi connectivity index (χ2n) is 3.60. The third kappa shape index (κ3) is 2.88. The summed E-state index contributed by atoms with van der Waals surface area (Å²) in [6.07, 6.45) is -3.18. The summed E-state index contributed by atoms with van der Waals surface area (Å²) in [7, 11) is 0. The van der Waals surface area contributed by atoms with Gasteiger partial charge in [-0.15, -0.1) is 11.8 Å². The first-order valence-corrected chi connectivity index (χ1v) is 7.33.